The number of nitriles is 1. The third-order valence-corrected chi connectivity index (χ3v) is 9.48. The summed E-state index contributed by atoms with van der Waals surface area (Å²) in [5.41, 5.74) is 1.87. The quantitative estimate of drug-likeness (QED) is 0.106. The first-order chi connectivity index (χ1) is 21.4. The predicted octanol–water partition coefficient (Wildman–Crippen LogP) is 7.90. The van der Waals surface area contributed by atoms with Crippen molar-refractivity contribution in [3.8, 4) is 17.6 Å². The number of fused-ring (bicyclic) bond motifs is 1. The van der Waals surface area contributed by atoms with Gasteiger partial charge in [0.1, 0.15) is 21.8 Å². The second-order valence-electron chi connectivity index (χ2n) is 11.4. The summed E-state index contributed by atoms with van der Waals surface area (Å²) in [6.07, 6.45) is 14.8. The van der Waals surface area contributed by atoms with Crippen LogP contribution in [0.15, 0.2) is 27.9 Å². The van der Waals surface area contributed by atoms with Gasteiger partial charge in [-0.1, -0.05) is 102 Å². The maximum Gasteiger partial charge on any atom is 0.270 e. The molecule has 2 aromatic rings. The first-order valence-electron chi connectivity index (χ1n) is 15.9. The molecule has 0 unspecified atom stereocenters. The fourth-order valence-electron chi connectivity index (χ4n) is 5.61. The van der Waals surface area contributed by atoms with Crippen molar-refractivity contribution in [1.29, 1.82) is 5.26 Å². The molecule has 0 saturated carbocycles. The van der Waals surface area contributed by atoms with E-state index in [9.17, 15) is 14.9 Å². The number of anilines is 1. The predicted molar refractivity (Wildman–Crippen MR) is 182 cm³/mol. The Labute approximate surface area is 270 Å². The van der Waals surface area contributed by atoms with Crippen LogP contribution < -0.4 is 20.3 Å². The molecule has 2 aliphatic heterocycles. The molecule has 4 rings (SSSR count). The molecule has 0 bridgehead atoms. The number of hydrogen-bond donors (Lipinski definition) is 1. The Morgan fingerprint density at radius 1 is 0.977 bits per heavy atom. The fraction of sp³-hybridized carbons (Fsp3) is 0.529. The molecule has 1 saturated heterocycles. The molecule has 8 nitrogen and oxygen atoms in total. The van der Waals surface area contributed by atoms with Crippen molar-refractivity contribution in [2.24, 2.45) is 0 Å². The van der Waals surface area contributed by atoms with Crippen molar-refractivity contribution < 1.29 is 14.3 Å². The van der Waals surface area contributed by atoms with Crippen LogP contribution in [0.2, 0.25) is 0 Å². The molecule has 236 valence electrons. The molecule has 2 aliphatic rings. The molecule has 1 aromatic heterocycles. The molecule has 0 radical (unpaired) electrons. The van der Waals surface area contributed by atoms with Crippen molar-refractivity contribution in [2.75, 3.05) is 18.7 Å². The third-order valence-electron chi connectivity index (χ3n) is 8.10. The zero-order chi connectivity index (χ0) is 31.5. The van der Waals surface area contributed by atoms with Gasteiger partial charge in [-0.3, -0.25) is 19.1 Å². The van der Waals surface area contributed by atoms with Gasteiger partial charge in [-0.05, 0) is 49.1 Å². The summed E-state index contributed by atoms with van der Waals surface area (Å²) in [7, 11) is 0. The van der Waals surface area contributed by atoms with Gasteiger partial charge in [0.15, 0.2) is 11.5 Å². The lowest BCUT2D eigenvalue weighted by Gasteiger charge is -2.20. The summed E-state index contributed by atoms with van der Waals surface area (Å²) in [6, 6.07) is 7.81. The molecule has 10 heteroatoms. The topological polar surface area (TPSA) is 96.6 Å². The minimum atomic E-state index is -0.342. The number of unbranched alkanes of at least 4 members (excludes halogenated alkanes) is 9. The first-order valence-corrected chi connectivity index (χ1v) is 17.2. The number of carbonyl (C=O) groups is 1. The number of thioether (sulfide) groups is 1. The average molecular weight is 637 g/mol. The van der Waals surface area contributed by atoms with Crippen LogP contribution in [-0.2, 0) is 17.9 Å². The summed E-state index contributed by atoms with van der Waals surface area (Å²) < 4.78 is 13.1. The number of nitrogens with one attached hydrogen (secondary N) is 1. The molecular weight excluding hydrogens is 593 g/mol. The molecule has 0 spiro atoms. The first kappa shape index (κ1) is 33.6. The fourth-order valence-corrected chi connectivity index (χ4v) is 6.90. The highest BCUT2D eigenvalue weighted by molar-refractivity contribution is 8.26. The summed E-state index contributed by atoms with van der Waals surface area (Å²) in [4.78, 5) is 29.1. The largest absolute Gasteiger partial charge is 0.454 e. The van der Waals surface area contributed by atoms with Gasteiger partial charge in [-0.15, -0.1) is 0 Å². The Hall–Kier alpha value is -3.29. The maximum atomic E-state index is 13.5. The number of aromatic nitrogens is 1. The summed E-state index contributed by atoms with van der Waals surface area (Å²) in [5.74, 6) is 1.83. The van der Waals surface area contributed by atoms with E-state index in [1.165, 1.54) is 63.1 Å². The zero-order valence-corrected chi connectivity index (χ0v) is 27.8. The number of pyridine rings is 1. The number of ether oxygens (including phenoxy) is 2. The Kier molecular flexibility index (Phi) is 12.7. The second-order valence-corrected chi connectivity index (χ2v) is 13.1. The smallest absolute Gasteiger partial charge is 0.270 e. The van der Waals surface area contributed by atoms with Crippen LogP contribution in [0.4, 0.5) is 5.82 Å². The molecule has 3 heterocycles. The Morgan fingerprint density at radius 2 is 1.66 bits per heavy atom. The Bertz CT molecular complexity index is 1480. The Balaban J connectivity index is 1.49. The molecule has 44 heavy (non-hydrogen) atoms. The van der Waals surface area contributed by atoms with Crippen LogP contribution in [0.1, 0.15) is 107 Å². The monoisotopic (exact) mass is 636 g/mol. The van der Waals surface area contributed by atoms with Gasteiger partial charge in [-0.25, -0.2) is 0 Å². The van der Waals surface area contributed by atoms with E-state index in [2.05, 4.69) is 18.3 Å². The maximum absolute atomic E-state index is 13.5. The van der Waals surface area contributed by atoms with Gasteiger partial charge in [0.05, 0.1) is 4.91 Å². The lowest BCUT2D eigenvalue weighted by atomic mass is 10.0. The van der Waals surface area contributed by atoms with E-state index in [1.807, 2.05) is 25.1 Å². The van der Waals surface area contributed by atoms with Gasteiger partial charge in [-0.2, -0.15) is 5.26 Å². The van der Waals surface area contributed by atoms with Crippen molar-refractivity contribution in [1.82, 2.24) is 9.47 Å². The number of amides is 1. The highest BCUT2D eigenvalue weighted by atomic mass is 32.2. The number of benzene rings is 1. The standard InChI is InChI=1S/C34H44N4O4S2/c1-4-6-7-8-9-10-11-12-13-14-18-38-33(40)30(44-34(38)43)20-26-24(3)27(21-35)32(39)37(17-5-2)31(26)36-22-25-15-16-28-29(19-25)42-23-41-28/h15-16,19-20,36H,4-14,17-18,22-23H2,1-3H3/b30-20+. The molecule has 0 aliphatic carbocycles. The van der Waals surface area contributed by atoms with Crippen molar-refractivity contribution >= 4 is 46.1 Å². The third kappa shape index (κ3) is 8.24. The average Bonchev–Trinajstić information content (AvgIpc) is 3.59. The normalized spacial score (nSPS) is 15.0. The minimum absolute atomic E-state index is 0.0826. The van der Waals surface area contributed by atoms with E-state index in [1.54, 1.807) is 22.5 Å². The summed E-state index contributed by atoms with van der Waals surface area (Å²) in [5, 5.41) is 13.3. The second kappa shape index (κ2) is 16.7. The molecule has 1 amide bonds. The van der Waals surface area contributed by atoms with E-state index < -0.39 is 0 Å². The number of hydrogen-bond acceptors (Lipinski definition) is 8. The summed E-state index contributed by atoms with van der Waals surface area (Å²) in [6.45, 7) is 7.62. The number of carbonyl (C=O) groups excluding carboxylic acids is 1. The van der Waals surface area contributed by atoms with Crippen molar-refractivity contribution in [2.45, 2.75) is 104 Å². The van der Waals surface area contributed by atoms with E-state index in [0.717, 1.165) is 18.4 Å². The SMILES string of the molecule is CCCCCCCCCCCCN1C(=O)/C(=C\c2c(C)c(C#N)c(=O)n(CCC)c2NCc2ccc3c(c2)OCO3)SC1=S. The molecule has 1 N–H and O–H groups in total. The van der Waals surface area contributed by atoms with E-state index in [0.29, 0.717) is 63.7 Å². The molecular formula is C34H44N4O4S2. The van der Waals surface area contributed by atoms with Gasteiger partial charge in [0.25, 0.3) is 11.5 Å². The lowest BCUT2D eigenvalue weighted by molar-refractivity contribution is -0.122. The van der Waals surface area contributed by atoms with Crippen LogP contribution in [0.25, 0.3) is 6.08 Å². The van der Waals surface area contributed by atoms with Crippen LogP contribution >= 0.6 is 24.0 Å². The van der Waals surface area contributed by atoms with Crippen molar-refractivity contribution in [3.63, 3.8) is 0 Å². The van der Waals surface area contributed by atoms with E-state index >= 15 is 0 Å². The van der Waals surface area contributed by atoms with Crippen LogP contribution in [0, 0.1) is 18.3 Å². The number of thiocarbonyl (C=S) groups is 1. The van der Waals surface area contributed by atoms with Crippen LogP contribution in [0.5, 0.6) is 11.5 Å². The van der Waals surface area contributed by atoms with Crippen LogP contribution in [0.3, 0.4) is 0 Å². The minimum Gasteiger partial charge on any atom is -0.454 e. The number of rotatable bonds is 17. The molecule has 0 atom stereocenters. The lowest BCUT2D eigenvalue weighted by Crippen LogP contribution is -2.29. The highest BCUT2D eigenvalue weighted by Gasteiger charge is 2.32. The van der Waals surface area contributed by atoms with Gasteiger partial charge < -0.3 is 14.8 Å². The molecule has 1 fully saturated rings. The van der Waals surface area contributed by atoms with Gasteiger partial charge in [0.2, 0.25) is 6.79 Å². The Morgan fingerprint density at radius 3 is 2.34 bits per heavy atom. The molecule has 1 aromatic carbocycles. The summed E-state index contributed by atoms with van der Waals surface area (Å²) >= 11 is 6.90. The van der Waals surface area contributed by atoms with E-state index in [4.69, 9.17) is 21.7 Å². The van der Waals surface area contributed by atoms with Crippen LogP contribution in [-0.4, -0.2) is 33.0 Å². The van der Waals surface area contributed by atoms with E-state index in [-0.39, 0.29) is 23.8 Å². The van der Waals surface area contributed by atoms with Gasteiger partial charge >= 0.3 is 0 Å². The number of nitrogens with zero attached hydrogens (tertiary/aromatic N) is 3. The van der Waals surface area contributed by atoms with Gasteiger partial charge in [0, 0.05) is 25.2 Å². The highest BCUT2D eigenvalue weighted by Crippen LogP contribution is 2.36. The van der Waals surface area contributed by atoms with Crippen molar-refractivity contribution in [3.05, 3.63) is 55.7 Å². The zero-order valence-electron chi connectivity index (χ0n) is 26.2.